The van der Waals surface area contributed by atoms with Gasteiger partial charge in [-0.3, -0.25) is 14.3 Å². The van der Waals surface area contributed by atoms with Crippen molar-refractivity contribution in [1.82, 2.24) is 4.98 Å². The third-order valence-corrected chi connectivity index (χ3v) is 3.33. The van der Waals surface area contributed by atoms with E-state index in [0.29, 0.717) is 17.4 Å². The molecule has 1 heterocycles. The molecule has 15 heavy (non-hydrogen) atoms. The van der Waals surface area contributed by atoms with Crippen LogP contribution in [0.2, 0.25) is 0 Å². The Hall–Kier alpha value is -1.02. The van der Waals surface area contributed by atoms with Crippen LogP contribution in [0.15, 0.2) is 6.20 Å². The molecule has 0 aliphatic carbocycles. The molecule has 1 rings (SSSR count). The van der Waals surface area contributed by atoms with Gasteiger partial charge in [0.05, 0.1) is 4.92 Å². The van der Waals surface area contributed by atoms with Crippen LogP contribution >= 0.6 is 11.3 Å². The molecule has 0 aromatic carbocycles. The van der Waals surface area contributed by atoms with E-state index in [2.05, 4.69) is 10.3 Å². The smallest absolute Gasteiger partial charge is 0.345 e. The Labute approximate surface area is 93.3 Å². The molecule has 84 valence electrons. The van der Waals surface area contributed by atoms with Gasteiger partial charge in [0.15, 0.2) is 5.13 Å². The number of hydrogen-bond acceptors (Lipinski definition) is 6. The van der Waals surface area contributed by atoms with Crippen molar-refractivity contribution >= 4 is 32.3 Å². The highest BCUT2D eigenvalue weighted by Crippen LogP contribution is 2.24. The average Bonchev–Trinajstić information content (AvgIpc) is 2.60. The number of nitro groups is 1. The van der Waals surface area contributed by atoms with Crippen molar-refractivity contribution in [2.75, 3.05) is 23.9 Å². The van der Waals surface area contributed by atoms with Gasteiger partial charge in [0.25, 0.3) is 0 Å². The van der Waals surface area contributed by atoms with Crippen LogP contribution in [0.4, 0.5) is 10.1 Å². The van der Waals surface area contributed by atoms with Crippen LogP contribution in [0, 0.1) is 10.1 Å². The van der Waals surface area contributed by atoms with Gasteiger partial charge in [-0.05, 0) is 17.8 Å². The van der Waals surface area contributed by atoms with E-state index in [1.54, 1.807) is 6.26 Å². The standard InChI is InChI=1S/C7H11N3O3S2/c1-15(13)4-2-3-8-7-9-5-6(14-7)10(11)12/h5H,2-4H2,1H3,(H,8,9). The molecule has 1 aromatic rings. The first kappa shape index (κ1) is 12.1. The minimum absolute atomic E-state index is 0.0246. The molecule has 0 aliphatic heterocycles. The molecule has 8 heteroatoms. The first-order valence-corrected chi connectivity index (χ1v) is 6.78. The normalized spacial score (nSPS) is 12.3. The highest BCUT2D eigenvalue weighted by atomic mass is 32.2. The average molecular weight is 249 g/mol. The largest absolute Gasteiger partial charge is 0.361 e. The van der Waals surface area contributed by atoms with Crippen LogP contribution < -0.4 is 5.32 Å². The molecular formula is C7H11N3O3S2. The Morgan fingerprint density at radius 2 is 2.47 bits per heavy atom. The number of thiazole rings is 1. The molecule has 1 N–H and O–H groups in total. The minimum atomic E-state index is -0.791. The molecule has 0 radical (unpaired) electrons. The summed E-state index contributed by atoms with van der Waals surface area (Å²) in [5.74, 6) is 0.625. The van der Waals surface area contributed by atoms with Crippen molar-refractivity contribution in [3.63, 3.8) is 0 Å². The zero-order valence-corrected chi connectivity index (χ0v) is 9.77. The monoisotopic (exact) mass is 249 g/mol. The van der Waals surface area contributed by atoms with Crippen LogP contribution in [0.3, 0.4) is 0 Å². The highest BCUT2D eigenvalue weighted by molar-refractivity contribution is 7.84. The van der Waals surface area contributed by atoms with E-state index in [1.807, 2.05) is 0 Å². The van der Waals surface area contributed by atoms with Crippen LogP contribution in [0.25, 0.3) is 0 Å². The quantitative estimate of drug-likeness (QED) is 0.465. The zero-order valence-electron chi connectivity index (χ0n) is 8.13. The van der Waals surface area contributed by atoms with Crippen molar-refractivity contribution in [2.45, 2.75) is 6.42 Å². The fraction of sp³-hybridized carbons (Fsp3) is 0.571. The first-order chi connectivity index (χ1) is 7.09. The van der Waals surface area contributed by atoms with Gasteiger partial charge < -0.3 is 5.32 Å². The Balaban J connectivity index is 2.31. The summed E-state index contributed by atoms with van der Waals surface area (Å²) in [5.41, 5.74) is 0. The molecular weight excluding hydrogens is 238 g/mol. The summed E-state index contributed by atoms with van der Waals surface area (Å²) in [7, 11) is -0.791. The maximum Gasteiger partial charge on any atom is 0.345 e. The third kappa shape index (κ3) is 4.34. The predicted molar refractivity (Wildman–Crippen MR) is 60.8 cm³/mol. The summed E-state index contributed by atoms with van der Waals surface area (Å²) in [6.07, 6.45) is 3.63. The highest BCUT2D eigenvalue weighted by Gasteiger charge is 2.10. The van der Waals surface area contributed by atoms with E-state index in [1.165, 1.54) is 6.20 Å². The van der Waals surface area contributed by atoms with Crippen molar-refractivity contribution in [3.8, 4) is 0 Å². The van der Waals surface area contributed by atoms with Crippen molar-refractivity contribution in [2.24, 2.45) is 0 Å². The van der Waals surface area contributed by atoms with Gasteiger partial charge in [0.2, 0.25) is 0 Å². The van der Waals surface area contributed by atoms with E-state index < -0.39 is 15.7 Å². The van der Waals surface area contributed by atoms with E-state index in [0.717, 1.165) is 17.8 Å². The second-order valence-electron chi connectivity index (χ2n) is 2.82. The van der Waals surface area contributed by atoms with E-state index >= 15 is 0 Å². The lowest BCUT2D eigenvalue weighted by molar-refractivity contribution is -0.380. The lowest BCUT2D eigenvalue weighted by Gasteiger charge is -1.99. The summed E-state index contributed by atoms with van der Waals surface area (Å²) >= 11 is 1.00. The summed E-state index contributed by atoms with van der Waals surface area (Å²) < 4.78 is 10.7. The molecule has 0 aliphatic rings. The molecule has 0 amide bonds. The number of nitrogens with zero attached hydrogens (tertiary/aromatic N) is 2. The summed E-state index contributed by atoms with van der Waals surface area (Å²) in [6.45, 7) is 0.629. The first-order valence-electron chi connectivity index (χ1n) is 4.23. The predicted octanol–water partition coefficient (Wildman–Crippen LogP) is 1.23. The molecule has 1 atom stereocenters. The SMILES string of the molecule is CS(=O)CCCNc1ncc([N+](=O)[O-])s1. The van der Waals surface area contributed by atoms with E-state index in [-0.39, 0.29) is 5.00 Å². The lowest BCUT2D eigenvalue weighted by atomic mass is 10.5. The number of hydrogen-bond donors (Lipinski definition) is 1. The van der Waals surface area contributed by atoms with Gasteiger partial charge in [-0.1, -0.05) is 0 Å². The number of rotatable bonds is 6. The molecule has 1 unspecified atom stereocenters. The van der Waals surface area contributed by atoms with Gasteiger partial charge in [-0.2, -0.15) is 0 Å². The Morgan fingerprint density at radius 3 is 3.00 bits per heavy atom. The summed E-state index contributed by atoms with van der Waals surface area (Å²) in [4.78, 5) is 13.7. The lowest BCUT2D eigenvalue weighted by Crippen LogP contribution is -2.05. The molecule has 0 fully saturated rings. The Morgan fingerprint density at radius 1 is 1.73 bits per heavy atom. The zero-order chi connectivity index (χ0) is 11.3. The van der Waals surface area contributed by atoms with Gasteiger partial charge in [-0.15, -0.1) is 0 Å². The third-order valence-electron chi connectivity index (χ3n) is 1.56. The molecule has 6 nitrogen and oxygen atoms in total. The maximum atomic E-state index is 10.7. The van der Waals surface area contributed by atoms with Gasteiger partial charge >= 0.3 is 5.00 Å². The number of anilines is 1. The van der Waals surface area contributed by atoms with Crippen molar-refractivity contribution in [3.05, 3.63) is 16.3 Å². The summed E-state index contributed by atoms with van der Waals surface area (Å²) in [6, 6.07) is 0. The van der Waals surface area contributed by atoms with Crippen LogP contribution in [-0.2, 0) is 10.8 Å². The van der Waals surface area contributed by atoms with E-state index in [4.69, 9.17) is 0 Å². The number of aromatic nitrogens is 1. The van der Waals surface area contributed by atoms with Crippen LogP contribution in [0.1, 0.15) is 6.42 Å². The van der Waals surface area contributed by atoms with Gasteiger partial charge in [0.1, 0.15) is 6.20 Å². The Kier molecular flexibility index (Phi) is 4.63. The number of nitrogens with one attached hydrogen (secondary N) is 1. The second kappa shape index (κ2) is 5.76. The minimum Gasteiger partial charge on any atom is -0.361 e. The molecule has 0 bridgehead atoms. The fourth-order valence-corrected chi connectivity index (χ4v) is 2.11. The van der Waals surface area contributed by atoms with E-state index in [9.17, 15) is 14.3 Å². The van der Waals surface area contributed by atoms with Gasteiger partial charge in [0, 0.05) is 29.4 Å². The summed E-state index contributed by atoms with van der Waals surface area (Å²) in [5, 5.41) is 13.8. The van der Waals surface area contributed by atoms with Gasteiger partial charge in [-0.25, -0.2) is 4.98 Å². The molecule has 1 aromatic heterocycles. The van der Waals surface area contributed by atoms with Crippen molar-refractivity contribution in [1.29, 1.82) is 0 Å². The maximum absolute atomic E-state index is 10.7. The topological polar surface area (TPSA) is 85.1 Å². The molecule has 0 spiro atoms. The van der Waals surface area contributed by atoms with Crippen LogP contribution in [0.5, 0.6) is 0 Å². The van der Waals surface area contributed by atoms with Crippen LogP contribution in [-0.4, -0.2) is 32.7 Å². The fourth-order valence-electron chi connectivity index (χ4n) is 0.902. The molecule has 0 saturated carbocycles. The Bertz CT molecular complexity index is 366. The second-order valence-corrected chi connectivity index (χ2v) is 5.38. The van der Waals surface area contributed by atoms with Crippen molar-refractivity contribution < 1.29 is 9.13 Å². The molecule has 0 saturated heterocycles.